The minimum atomic E-state index is 0.376. The number of nitrogens with zero attached hydrogens (tertiary/aromatic N) is 1. The molecule has 0 aliphatic rings. The zero-order valence-corrected chi connectivity index (χ0v) is 13.3. The lowest BCUT2D eigenvalue weighted by Crippen LogP contribution is -2.22. The molecule has 0 saturated heterocycles. The molecule has 0 bridgehead atoms. The number of para-hydroxylation sites is 1. The molecule has 0 saturated carbocycles. The van der Waals surface area contributed by atoms with E-state index in [0.717, 1.165) is 18.5 Å². The van der Waals surface area contributed by atoms with Crippen molar-refractivity contribution in [1.29, 1.82) is 0 Å². The van der Waals surface area contributed by atoms with Gasteiger partial charge in [0, 0.05) is 22.5 Å². The summed E-state index contributed by atoms with van der Waals surface area (Å²) in [5, 5.41) is 7.07. The number of nitrogens with one attached hydrogen (secondary N) is 1. The fourth-order valence-corrected chi connectivity index (χ4v) is 3.80. The molecule has 2 aromatic heterocycles. The van der Waals surface area contributed by atoms with Crippen LogP contribution in [0.3, 0.4) is 0 Å². The highest BCUT2D eigenvalue weighted by molar-refractivity contribution is 7.10. The van der Waals surface area contributed by atoms with Crippen molar-refractivity contribution in [2.45, 2.75) is 26.3 Å². The van der Waals surface area contributed by atoms with E-state index in [9.17, 15) is 0 Å². The Bertz CT molecular complexity index is 727. The number of rotatable bonds is 5. The van der Waals surface area contributed by atoms with Crippen LogP contribution in [0.25, 0.3) is 10.9 Å². The SMILES string of the molecule is CCNC(Cc1ccnc2ccccc12)c1sccc1C. The van der Waals surface area contributed by atoms with Crippen LogP contribution < -0.4 is 5.32 Å². The van der Waals surface area contributed by atoms with Crippen LogP contribution in [0.2, 0.25) is 0 Å². The van der Waals surface area contributed by atoms with Crippen LogP contribution in [0.1, 0.15) is 29.0 Å². The van der Waals surface area contributed by atoms with E-state index in [4.69, 9.17) is 0 Å². The Labute approximate surface area is 129 Å². The van der Waals surface area contributed by atoms with Crippen molar-refractivity contribution >= 4 is 22.2 Å². The molecule has 3 heteroatoms. The molecule has 2 heterocycles. The second-order valence-electron chi connectivity index (χ2n) is 5.27. The van der Waals surface area contributed by atoms with Crippen molar-refractivity contribution < 1.29 is 0 Å². The van der Waals surface area contributed by atoms with Gasteiger partial charge >= 0.3 is 0 Å². The molecule has 0 radical (unpaired) electrons. The van der Waals surface area contributed by atoms with Crippen LogP contribution in [0, 0.1) is 6.92 Å². The number of aromatic nitrogens is 1. The van der Waals surface area contributed by atoms with Crippen LogP contribution in [-0.2, 0) is 6.42 Å². The second kappa shape index (κ2) is 6.37. The smallest absolute Gasteiger partial charge is 0.0704 e. The molecular formula is C18H20N2S. The van der Waals surface area contributed by atoms with E-state index < -0.39 is 0 Å². The van der Waals surface area contributed by atoms with Gasteiger partial charge in [-0.25, -0.2) is 0 Å². The van der Waals surface area contributed by atoms with E-state index in [0.29, 0.717) is 6.04 Å². The number of aryl methyl sites for hydroxylation is 1. The standard InChI is InChI=1S/C18H20N2S/c1-3-19-17(18-13(2)9-11-21-18)12-14-8-10-20-16-7-5-4-6-15(14)16/h4-11,17,19H,3,12H2,1-2H3. The summed E-state index contributed by atoms with van der Waals surface area (Å²) in [7, 11) is 0. The third kappa shape index (κ3) is 2.99. The molecule has 0 spiro atoms. The molecule has 3 rings (SSSR count). The molecule has 108 valence electrons. The third-order valence-corrected chi connectivity index (χ3v) is 4.96. The van der Waals surface area contributed by atoms with E-state index in [1.54, 1.807) is 0 Å². The summed E-state index contributed by atoms with van der Waals surface area (Å²) in [6, 6.07) is 13.1. The normalized spacial score (nSPS) is 12.7. The van der Waals surface area contributed by atoms with Gasteiger partial charge in [-0.1, -0.05) is 25.1 Å². The number of fused-ring (bicyclic) bond motifs is 1. The van der Waals surface area contributed by atoms with Gasteiger partial charge in [0.05, 0.1) is 5.52 Å². The lowest BCUT2D eigenvalue weighted by molar-refractivity contribution is 0.557. The maximum atomic E-state index is 4.46. The van der Waals surface area contributed by atoms with Crippen LogP contribution in [0.4, 0.5) is 0 Å². The van der Waals surface area contributed by atoms with Gasteiger partial charge in [0.2, 0.25) is 0 Å². The Kier molecular flexibility index (Phi) is 4.32. The Morgan fingerprint density at radius 1 is 1.19 bits per heavy atom. The van der Waals surface area contributed by atoms with Gasteiger partial charge in [-0.3, -0.25) is 4.98 Å². The van der Waals surface area contributed by atoms with Gasteiger partial charge < -0.3 is 5.32 Å². The number of hydrogen-bond donors (Lipinski definition) is 1. The number of likely N-dealkylation sites (N-methyl/N-ethyl adjacent to an activating group) is 1. The van der Waals surface area contributed by atoms with Crippen molar-refractivity contribution in [1.82, 2.24) is 10.3 Å². The first-order valence-corrected chi connectivity index (χ1v) is 8.27. The Hall–Kier alpha value is -1.71. The van der Waals surface area contributed by atoms with E-state index in [1.165, 1.54) is 21.4 Å². The van der Waals surface area contributed by atoms with Gasteiger partial charge in [0.1, 0.15) is 0 Å². The quantitative estimate of drug-likeness (QED) is 0.750. The molecule has 2 nitrogen and oxygen atoms in total. The number of benzene rings is 1. The van der Waals surface area contributed by atoms with Gasteiger partial charge in [-0.2, -0.15) is 0 Å². The molecule has 3 aromatic rings. The highest BCUT2D eigenvalue weighted by Crippen LogP contribution is 2.28. The molecule has 21 heavy (non-hydrogen) atoms. The minimum Gasteiger partial charge on any atom is -0.309 e. The molecule has 1 N–H and O–H groups in total. The molecule has 0 fully saturated rings. The molecule has 1 unspecified atom stereocenters. The maximum absolute atomic E-state index is 4.46. The topological polar surface area (TPSA) is 24.9 Å². The average molecular weight is 296 g/mol. The highest BCUT2D eigenvalue weighted by atomic mass is 32.1. The summed E-state index contributed by atoms with van der Waals surface area (Å²) in [5.41, 5.74) is 3.82. The zero-order chi connectivity index (χ0) is 14.7. The summed E-state index contributed by atoms with van der Waals surface area (Å²) < 4.78 is 0. The number of pyridine rings is 1. The first-order valence-electron chi connectivity index (χ1n) is 7.39. The predicted molar refractivity (Wildman–Crippen MR) is 90.9 cm³/mol. The summed E-state index contributed by atoms with van der Waals surface area (Å²) >= 11 is 1.84. The minimum absolute atomic E-state index is 0.376. The van der Waals surface area contributed by atoms with Crippen molar-refractivity contribution in [2.75, 3.05) is 6.54 Å². The van der Waals surface area contributed by atoms with Gasteiger partial charge in [-0.05, 0) is 54.6 Å². The van der Waals surface area contributed by atoms with E-state index in [2.05, 4.69) is 59.9 Å². The van der Waals surface area contributed by atoms with Crippen LogP contribution in [0.15, 0.2) is 48.0 Å². The fraction of sp³-hybridized carbons (Fsp3) is 0.278. The molecule has 0 aliphatic carbocycles. The monoisotopic (exact) mass is 296 g/mol. The van der Waals surface area contributed by atoms with Gasteiger partial charge in [0.25, 0.3) is 0 Å². The first-order chi connectivity index (χ1) is 10.3. The van der Waals surface area contributed by atoms with Crippen molar-refractivity contribution in [3.8, 4) is 0 Å². The van der Waals surface area contributed by atoms with Gasteiger partial charge in [0.15, 0.2) is 0 Å². The molecule has 0 aliphatic heterocycles. The lowest BCUT2D eigenvalue weighted by Gasteiger charge is -2.18. The van der Waals surface area contributed by atoms with Crippen LogP contribution in [-0.4, -0.2) is 11.5 Å². The second-order valence-corrected chi connectivity index (χ2v) is 6.22. The molecular weight excluding hydrogens is 276 g/mol. The molecule has 0 amide bonds. The molecule has 1 aromatic carbocycles. The maximum Gasteiger partial charge on any atom is 0.0704 e. The summed E-state index contributed by atoms with van der Waals surface area (Å²) in [5.74, 6) is 0. The Balaban J connectivity index is 1.97. The third-order valence-electron chi connectivity index (χ3n) is 3.83. The Morgan fingerprint density at radius 3 is 2.81 bits per heavy atom. The largest absolute Gasteiger partial charge is 0.309 e. The lowest BCUT2D eigenvalue weighted by atomic mass is 9.99. The first kappa shape index (κ1) is 14.2. The highest BCUT2D eigenvalue weighted by Gasteiger charge is 2.16. The Morgan fingerprint density at radius 2 is 2.05 bits per heavy atom. The summed E-state index contributed by atoms with van der Waals surface area (Å²) in [4.78, 5) is 5.90. The van der Waals surface area contributed by atoms with Crippen LogP contribution >= 0.6 is 11.3 Å². The van der Waals surface area contributed by atoms with E-state index in [-0.39, 0.29) is 0 Å². The fourth-order valence-electron chi connectivity index (χ4n) is 2.80. The summed E-state index contributed by atoms with van der Waals surface area (Å²) in [6.45, 7) is 5.34. The van der Waals surface area contributed by atoms with Gasteiger partial charge in [-0.15, -0.1) is 11.3 Å². The van der Waals surface area contributed by atoms with E-state index in [1.807, 2.05) is 23.6 Å². The van der Waals surface area contributed by atoms with Crippen molar-refractivity contribution in [2.24, 2.45) is 0 Å². The summed E-state index contributed by atoms with van der Waals surface area (Å²) in [6.07, 6.45) is 2.92. The van der Waals surface area contributed by atoms with Crippen molar-refractivity contribution in [3.05, 3.63) is 64.0 Å². The van der Waals surface area contributed by atoms with Crippen LogP contribution in [0.5, 0.6) is 0 Å². The predicted octanol–water partition coefficient (Wildman–Crippen LogP) is 4.50. The number of thiophene rings is 1. The van der Waals surface area contributed by atoms with E-state index >= 15 is 0 Å². The molecule has 1 atom stereocenters. The number of hydrogen-bond acceptors (Lipinski definition) is 3. The zero-order valence-electron chi connectivity index (χ0n) is 12.5. The average Bonchev–Trinajstić information content (AvgIpc) is 2.93. The van der Waals surface area contributed by atoms with Crippen molar-refractivity contribution in [3.63, 3.8) is 0 Å².